The minimum Gasteiger partial charge on any atom is -0.486 e. The summed E-state index contributed by atoms with van der Waals surface area (Å²) in [5.41, 5.74) is 9.89. The molecule has 0 saturated carbocycles. The first-order valence-electron chi connectivity index (χ1n) is 8.89. The number of rotatable bonds is 4. The molecule has 3 aromatic carbocycles. The highest BCUT2D eigenvalue weighted by Gasteiger charge is 2.26. The quantitative estimate of drug-likeness (QED) is 0.586. The lowest BCUT2D eigenvalue weighted by Gasteiger charge is -2.19. The van der Waals surface area contributed by atoms with Gasteiger partial charge in [0.1, 0.15) is 6.61 Å². The van der Waals surface area contributed by atoms with Crippen LogP contribution in [0.2, 0.25) is 10.0 Å². The third kappa shape index (κ3) is 3.66. The third-order valence-electron chi connectivity index (χ3n) is 4.72. The second-order valence-electron chi connectivity index (χ2n) is 6.64. The molecule has 0 fully saturated rings. The van der Waals surface area contributed by atoms with E-state index in [4.69, 9.17) is 33.7 Å². The lowest BCUT2D eigenvalue weighted by atomic mass is 10.1. The summed E-state index contributed by atoms with van der Waals surface area (Å²) in [6.07, 6.45) is 0.770. The van der Waals surface area contributed by atoms with Crippen molar-refractivity contribution in [3.63, 3.8) is 0 Å². The molecule has 0 bridgehead atoms. The molecular formula is C22H18Cl2N2O2. The summed E-state index contributed by atoms with van der Waals surface area (Å²) in [7, 11) is 0. The first-order chi connectivity index (χ1) is 13.5. The third-order valence-corrected chi connectivity index (χ3v) is 5.28. The Morgan fingerprint density at radius 3 is 2.46 bits per heavy atom. The zero-order chi connectivity index (χ0) is 19.7. The summed E-state index contributed by atoms with van der Waals surface area (Å²) in [6, 6.07) is 18.5. The van der Waals surface area contributed by atoms with Gasteiger partial charge in [-0.3, -0.25) is 4.79 Å². The monoisotopic (exact) mass is 412 g/mol. The molecule has 4 rings (SSSR count). The van der Waals surface area contributed by atoms with Crippen molar-refractivity contribution in [2.24, 2.45) is 0 Å². The first kappa shape index (κ1) is 18.7. The van der Waals surface area contributed by atoms with E-state index in [2.05, 4.69) is 0 Å². The number of nitrogens with zero attached hydrogens (tertiary/aromatic N) is 1. The molecule has 2 N–H and O–H groups in total. The molecule has 0 aliphatic carbocycles. The van der Waals surface area contributed by atoms with Crippen LogP contribution < -0.4 is 15.4 Å². The van der Waals surface area contributed by atoms with E-state index < -0.39 is 0 Å². The predicted octanol–water partition coefficient (Wildman–Crippen LogP) is 5.36. The van der Waals surface area contributed by atoms with Crippen LogP contribution in [-0.2, 0) is 13.0 Å². The molecule has 1 aliphatic rings. The number of carbonyl (C=O) groups excluding carboxylic acids is 1. The number of benzene rings is 3. The molecule has 6 heteroatoms. The average Bonchev–Trinajstić information content (AvgIpc) is 3.10. The van der Waals surface area contributed by atoms with E-state index in [0.717, 1.165) is 23.2 Å². The van der Waals surface area contributed by atoms with Crippen LogP contribution in [0.4, 0.5) is 11.4 Å². The Labute approximate surface area is 173 Å². The largest absolute Gasteiger partial charge is 0.486 e. The Morgan fingerprint density at radius 2 is 1.75 bits per heavy atom. The molecule has 0 spiro atoms. The number of ether oxygens (including phenoxy) is 1. The molecule has 142 valence electrons. The number of hydrogen-bond donors (Lipinski definition) is 1. The van der Waals surface area contributed by atoms with E-state index in [1.54, 1.807) is 23.1 Å². The Bertz CT molecular complexity index is 1010. The fourth-order valence-corrected chi connectivity index (χ4v) is 3.94. The molecule has 1 heterocycles. The number of nitrogens with two attached hydrogens (primary N) is 1. The molecule has 0 saturated heterocycles. The molecule has 3 aromatic rings. The molecule has 0 radical (unpaired) electrons. The second kappa shape index (κ2) is 7.74. The van der Waals surface area contributed by atoms with Crippen molar-refractivity contribution in [3.05, 3.63) is 87.4 Å². The topological polar surface area (TPSA) is 55.6 Å². The summed E-state index contributed by atoms with van der Waals surface area (Å²) in [6.45, 7) is 0.938. The number of nitrogen functional groups attached to an aromatic ring is 1. The molecule has 0 unspecified atom stereocenters. The highest BCUT2D eigenvalue weighted by atomic mass is 35.5. The highest BCUT2D eigenvalue weighted by Crippen LogP contribution is 2.37. The number of hydrogen-bond acceptors (Lipinski definition) is 3. The van der Waals surface area contributed by atoms with Crippen molar-refractivity contribution in [3.8, 4) is 5.75 Å². The lowest BCUT2D eigenvalue weighted by Crippen LogP contribution is -2.28. The fourth-order valence-electron chi connectivity index (χ4n) is 3.34. The molecule has 1 amide bonds. The second-order valence-corrected chi connectivity index (χ2v) is 7.45. The smallest absolute Gasteiger partial charge is 0.258 e. The fraction of sp³-hybridized carbons (Fsp3) is 0.136. The number of halogens is 2. The molecular weight excluding hydrogens is 395 g/mol. The van der Waals surface area contributed by atoms with Gasteiger partial charge < -0.3 is 15.4 Å². The Balaban J connectivity index is 1.56. The summed E-state index contributed by atoms with van der Waals surface area (Å²) in [4.78, 5) is 14.7. The number of amides is 1. The molecule has 28 heavy (non-hydrogen) atoms. The van der Waals surface area contributed by atoms with Crippen LogP contribution in [0.1, 0.15) is 21.5 Å². The standard InChI is InChI=1S/C22H18Cl2N2O2/c23-18-11-16(12-19(24)21(18)28-13-14-4-2-1-3-5-14)22(27)26-9-8-15-10-17(25)6-7-20(15)26/h1-7,10-12H,8-9,13,25H2. The van der Waals surface area contributed by atoms with Gasteiger partial charge >= 0.3 is 0 Å². The maximum atomic E-state index is 13.0. The maximum absolute atomic E-state index is 13.0. The predicted molar refractivity (Wildman–Crippen MR) is 113 cm³/mol. The average molecular weight is 413 g/mol. The first-order valence-corrected chi connectivity index (χ1v) is 9.64. The highest BCUT2D eigenvalue weighted by molar-refractivity contribution is 6.37. The number of fused-ring (bicyclic) bond motifs is 1. The van der Waals surface area contributed by atoms with Crippen LogP contribution in [0.5, 0.6) is 5.75 Å². The summed E-state index contributed by atoms with van der Waals surface area (Å²) < 4.78 is 5.78. The van der Waals surface area contributed by atoms with E-state index >= 15 is 0 Å². The van der Waals surface area contributed by atoms with Gasteiger partial charge in [0.2, 0.25) is 0 Å². The van der Waals surface area contributed by atoms with Crippen molar-refractivity contribution in [1.29, 1.82) is 0 Å². The van der Waals surface area contributed by atoms with E-state index in [0.29, 0.717) is 40.2 Å². The molecule has 0 aromatic heterocycles. The van der Waals surface area contributed by atoms with Gasteiger partial charge in [0, 0.05) is 23.5 Å². The van der Waals surface area contributed by atoms with Crippen molar-refractivity contribution in [2.45, 2.75) is 13.0 Å². The van der Waals surface area contributed by atoms with Gasteiger partial charge in [-0.15, -0.1) is 0 Å². The molecule has 4 nitrogen and oxygen atoms in total. The number of carbonyl (C=O) groups is 1. The van der Waals surface area contributed by atoms with Crippen molar-refractivity contribution >= 4 is 40.5 Å². The zero-order valence-corrected chi connectivity index (χ0v) is 16.5. The summed E-state index contributed by atoms with van der Waals surface area (Å²) in [5, 5.41) is 0.618. The Kier molecular flexibility index (Phi) is 5.16. The van der Waals surface area contributed by atoms with Crippen LogP contribution in [0.25, 0.3) is 0 Å². The molecule has 1 aliphatic heterocycles. The van der Waals surface area contributed by atoms with Crippen LogP contribution in [0, 0.1) is 0 Å². The van der Waals surface area contributed by atoms with Crippen LogP contribution >= 0.6 is 23.2 Å². The summed E-state index contributed by atoms with van der Waals surface area (Å²) >= 11 is 12.8. The van der Waals surface area contributed by atoms with Crippen LogP contribution in [0.15, 0.2) is 60.7 Å². The SMILES string of the molecule is Nc1ccc2c(c1)CCN2C(=O)c1cc(Cl)c(OCc2ccccc2)c(Cl)c1. The Hall–Kier alpha value is -2.69. The van der Waals surface area contributed by atoms with Gasteiger partial charge in [0.15, 0.2) is 5.75 Å². The van der Waals surface area contributed by atoms with Gasteiger partial charge in [0.05, 0.1) is 10.0 Å². The van der Waals surface area contributed by atoms with Gasteiger partial charge in [-0.05, 0) is 47.9 Å². The summed E-state index contributed by atoms with van der Waals surface area (Å²) in [5.74, 6) is 0.222. The van der Waals surface area contributed by atoms with Crippen molar-refractivity contribution in [2.75, 3.05) is 17.2 Å². The van der Waals surface area contributed by atoms with E-state index in [-0.39, 0.29) is 5.91 Å². The zero-order valence-electron chi connectivity index (χ0n) is 15.0. The number of anilines is 2. The normalized spacial score (nSPS) is 12.7. The van der Waals surface area contributed by atoms with E-state index in [1.807, 2.05) is 42.5 Å². The van der Waals surface area contributed by atoms with Gasteiger partial charge in [-0.1, -0.05) is 53.5 Å². The minimum absolute atomic E-state index is 0.151. The minimum atomic E-state index is -0.151. The lowest BCUT2D eigenvalue weighted by molar-refractivity contribution is 0.0989. The van der Waals surface area contributed by atoms with Crippen molar-refractivity contribution in [1.82, 2.24) is 0 Å². The van der Waals surface area contributed by atoms with E-state index in [1.165, 1.54) is 0 Å². The van der Waals surface area contributed by atoms with Gasteiger partial charge in [-0.25, -0.2) is 0 Å². The van der Waals surface area contributed by atoms with Gasteiger partial charge in [-0.2, -0.15) is 0 Å². The van der Waals surface area contributed by atoms with Gasteiger partial charge in [0.25, 0.3) is 5.91 Å². The maximum Gasteiger partial charge on any atom is 0.258 e. The van der Waals surface area contributed by atoms with Crippen molar-refractivity contribution < 1.29 is 9.53 Å². The van der Waals surface area contributed by atoms with E-state index in [9.17, 15) is 4.79 Å². The molecule has 0 atom stereocenters. The van der Waals surface area contributed by atoms with Crippen LogP contribution in [-0.4, -0.2) is 12.5 Å². The van der Waals surface area contributed by atoms with Crippen LogP contribution in [0.3, 0.4) is 0 Å². The Morgan fingerprint density at radius 1 is 1.04 bits per heavy atom.